The van der Waals surface area contributed by atoms with Gasteiger partial charge in [0.05, 0.1) is 0 Å². The molecule has 0 bridgehead atoms. The summed E-state index contributed by atoms with van der Waals surface area (Å²) in [6.45, 7) is 2.95. The second kappa shape index (κ2) is 18.6. The Balaban J connectivity index is 3.23. The van der Waals surface area contributed by atoms with Crippen LogP contribution in [-0.2, 0) is 13.6 Å². The van der Waals surface area contributed by atoms with Gasteiger partial charge in [-0.2, -0.15) is 0 Å². The fraction of sp³-hybridized carbons (Fsp3) is 0.900. The third-order valence-corrected chi connectivity index (χ3v) is 6.05. The molecule has 0 unspecified atom stereocenters. The van der Waals surface area contributed by atoms with Crippen LogP contribution in [0.15, 0.2) is 12.2 Å². The Morgan fingerprint density at radius 3 is 1.64 bits per heavy atom. The van der Waals surface area contributed by atoms with E-state index in [1.54, 1.807) is 0 Å². The quantitative estimate of drug-likeness (QED) is 0.150. The second-order valence-electron chi connectivity index (χ2n) is 6.71. The largest absolute Gasteiger partial charge is 0.404 e. The highest BCUT2D eigenvalue weighted by atomic mass is 31.2. The van der Waals surface area contributed by atoms with Crippen molar-refractivity contribution in [2.24, 2.45) is 0 Å². The van der Waals surface area contributed by atoms with Crippen molar-refractivity contribution in [3.8, 4) is 0 Å². The van der Waals surface area contributed by atoms with E-state index >= 15 is 0 Å². The molecule has 0 aliphatic heterocycles. The minimum atomic E-state index is -3.03. The maximum Gasteiger partial charge on any atom is 0.404 e. The third kappa shape index (κ3) is 17.0. The van der Waals surface area contributed by atoms with Crippen molar-refractivity contribution < 1.29 is 13.6 Å². The lowest BCUT2D eigenvalue weighted by Gasteiger charge is -2.14. The zero-order chi connectivity index (χ0) is 18.6. The Morgan fingerprint density at radius 2 is 1.16 bits per heavy atom. The number of hydrogen-bond donors (Lipinski definition) is 1. The highest BCUT2D eigenvalue weighted by Gasteiger charge is 2.18. The maximum atomic E-state index is 11.7. The minimum Gasteiger partial charge on any atom is -0.300 e. The van der Waals surface area contributed by atoms with Gasteiger partial charge in [0, 0.05) is 20.8 Å². The van der Waals surface area contributed by atoms with Gasteiger partial charge in [-0.05, 0) is 32.1 Å². The molecule has 0 amide bonds. The normalized spacial score (nSPS) is 12.3. The van der Waals surface area contributed by atoms with Crippen molar-refractivity contribution in [1.82, 2.24) is 5.09 Å². The van der Waals surface area contributed by atoms with E-state index in [1.807, 2.05) is 0 Å². The van der Waals surface area contributed by atoms with E-state index in [9.17, 15) is 4.57 Å². The van der Waals surface area contributed by atoms with Gasteiger partial charge < -0.3 is 9.05 Å². The van der Waals surface area contributed by atoms with E-state index in [1.165, 1.54) is 91.3 Å². The molecule has 0 saturated heterocycles. The number of rotatable bonds is 19. The average Bonchev–Trinajstić information content (AvgIpc) is 2.64. The molecular weight excluding hydrogens is 333 g/mol. The van der Waals surface area contributed by atoms with Crippen molar-refractivity contribution in [2.45, 2.75) is 96.8 Å². The first-order chi connectivity index (χ1) is 12.2. The Hall–Kier alpha value is -0.150. The summed E-state index contributed by atoms with van der Waals surface area (Å²) in [5.41, 5.74) is 0. The topological polar surface area (TPSA) is 47.6 Å². The molecule has 4 nitrogen and oxygen atoms in total. The van der Waals surface area contributed by atoms with Crippen LogP contribution in [0.3, 0.4) is 0 Å². The summed E-state index contributed by atoms with van der Waals surface area (Å²) in [6, 6.07) is 0. The summed E-state index contributed by atoms with van der Waals surface area (Å²) >= 11 is 0. The Bertz CT molecular complexity index is 340. The second-order valence-corrected chi connectivity index (χ2v) is 8.75. The van der Waals surface area contributed by atoms with E-state index in [0.717, 1.165) is 12.8 Å². The Kier molecular flexibility index (Phi) is 18.5. The SMILES string of the molecule is CCCCCCCC/C=C\CCCCCCCCNP(=O)(OC)OC. The molecule has 1 N–H and O–H groups in total. The van der Waals surface area contributed by atoms with Gasteiger partial charge in [-0.3, -0.25) is 0 Å². The van der Waals surface area contributed by atoms with E-state index in [-0.39, 0.29) is 0 Å². The van der Waals surface area contributed by atoms with Crippen molar-refractivity contribution in [3.05, 3.63) is 12.2 Å². The molecule has 0 aliphatic rings. The van der Waals surface area contributed by atoms with E-state index in [4.69, 9.17) is 9.05 Å². The lowest BCUT2D eigenvalue weighted by Crippen LogP contribution is -2.14. The number of unbranched alkanes of at least 4 members (excludes halogenated alkanes) is 12. The summed E-state index contributed by atoms with van der Waals surface area (Å²) < 4.78 is 21.4. The van der Waals surface area contributed by atoms with E-state index in [2.05, 4.69) is 24.2 Å². The molecule has 0 rings (SSSR count). The molecule has 0 fully saturated rings. The highest BCUT2D eigenvalue weighted by Crippen LogP contribution is 2.41. The van der Waals surface area contributed by atoms with Crippen molar-refractivity contribution >= 4 is 7.75 Å². The fourth-order valence-electron chi connectivity index (χ4n) is 2.79. The standard InChI is InChI=1S/C20H42NO3P/c1-4-5-6-7-8-9-10-11-12-13-14-15-16-17-18-19-20-21-25(22,23-2)24-3/h11-12H,4-10,13-20H2,1-3H3,(H,21,22)/b12-11-. The first kappa shape index (κ1) is 24.8. The van der Waals surface area contributed by atoms with Crippen molar-refractivity contribution in [3.63, 3.8) is 0 Å². The first-order valence-electron chi connectivity index (χ1n) is 10.3. The number of allylic oxidation sites excluding steroid dienone is 2. The third-order valence-electron chi connectivity index (χ3n) is 4.47. The number of nitrogens with one attached hydrogen (secondary N) is 1. The molecule has 0 aromatic carbocycles. The molecule has 0 spiro atoms. The maximum absolute atomic E-state index is 11.7. The molecule has 0 heterocycles. The van der Waals surface area contributed by atoms with E-state index in [0.29, 0.717) is 6.54 Å². The summed E-state index contributed by atoms with van der Waals surface area (Å²) in [7, 11) is -0.224. The van der Waals surface area contributed by atoms with Crippen molar-refractivity contribution in [2.75, 3.05) is 20.8 Å². The lowest BCUT2D eigenvalue weighted by molar-refractivity contribution is 0.264. The summed E-state index contributed by atoms with van der Waals surface area (Å²) in [6.07, 6.45) is 22.8. The molecule has 0 aromatic heterocycles. The predicted molar refractivity (Wildman–Crippen MR) is 109 cm³/mol. The Morgan fingerprint density at radius 1 is 0.720 bits per heavy atom. The smallest absolute Gasteiger partial charge is 0.300 e. The van der Waals surface area contributed by atoms with Crippen LogP contribution in [0.1, 0.15) is 96.8 Å². The summed E-state index contributed by atoms with van der Waals surface area (Å²) in [5, 5.41) is 2.85. The van der Waals surface area contributed by atoms with Gasteiger partial charge in [0.25, 0.3) is 0 Å². The monoisotopic (exact) mass is 375 g/mol. The van der Waals surface area contributed by atoms with Crippen LogP contribution in [-0.4, -0.2) is 20.8 Å². The molecule has 0 aromatic rings. The van der Waals surface area contributed by atoms with Gasteiger partial charge in [0.15, 0.2) is 0 Å². The number of hydrogen-bond acceptors (Lipinski definition) is 3. The molecular formula is C20H42NO3P. The predicted octanol–water partition coefficient (Wildman–Crippen LogP) is 7.01. The summed E-state index contributed by atoms with van der Waals surface area (Å²) in [4.78, 5) is 0. The van der Waals surface area contributed by atoms with Crippen LogP contribution < -0.4 is 5.09 Å². The molecule has 0 aliphatic carbocycles. The van der Waals surface area contributed by atoms with Gasteiger partial charge in [0.1, 0.15) is 0 Å². The minimum absolute atomic E-state index is 0.681. The van der Waals surface area contributed by atoms with Gasteiger partial charge in [-0.25, -0.2) is 9.65 Å². The van der Waals surface area contributed by atoms with Gasteiger partial charge >= 0.3 is 7.75 Å². The first-order valence-corrected chi connectivity index (χ1v) is 11.8. The fourth-order valence-corrected chi connectivity index (χ4v) is 3.63. The van der Waals surface area contributed by atoms with Crippen LogP contribution in [0.4, 0.5) is 0 Å². The average molecular weight is 376 g/mol. The zero-order valence-corrected chi connectivity index (χ0v) is 17.8. The molecule has 0 radical (unpaired) electrons. The molecule has 5 heteroatoms. The zero-order valence-electron chi connectivity index (χ0n) is 16.9. The lowest BCUT2D eigenvalue weighted by atomic mass is 10.1. The Labute approximate surface area is 156 Å². The van der Waals surface area contributed by atoms with Crippen LogP contribution in [0.25, 0.3) is 0 Å². The molecule has 0 atom stereocenters. The van der Waals surface area contributed by atoms with E-state index < -0.39 is 7.75 Å². The van der Waals surface area contributed by atoms with Gasteiger partial charge in [-0.15, -0.1) is 0 Å². The van der Waals surface area contributed by atoms with Crippen LogP contribution in [0.5, 0.6) is 0 Å². The van der Waals surface area contributed by atoms with Crippen molar-refractivity contribution in [1.29, 1.82) is 0 Å². The van der Waals surface area contributed by atoms with Crippen LogP contribution >= 0.6 is 7.75 Å². The van der Waals surface area contributed by atoms with Gasteiger partial charge in [0.2, 0.25) is 0 Å². The molecule has 0 saturated carbocycles. The molecule has 150 valence electrons. The van der Waals surface area contributed by atoms with Gasteiger partial charge in [-0.1, -0.05) is 76.9 Å². The van der Waals surface area contributed by atoms with Crippen LogP contribution in [0.2, 0.25) is 0 Å². The highest BCUT2D eigenvalue weighted by molar-refractivity contribution is 7.51. The summed E-state index contributed by atoms with van der Waals surface area (Å²) in [5.74, 6) is 0. The van der Waals surface area contributed by atoms with Crippen LogP contribution in [0, 0.1) is 0 Å². The molecule has 25 heavy (non-hydrogen) atoms.